The molecule has 2 aromatic heterocycles. The number of methoxy groups -OCH3 is 2. The highest BCUT2D eigenvalue weighted by atomic mass is 19.1. The fourth-order valence-electron chi connectivity index (χ4n) is 7.23. The minimum Gasteiger partial charge on any atom is -0.493 e. The van der Waals surface area contributed by atoms with Crippen LogP contribution < -0.4 is 28.4 Å². The lowest BCUT2D eigenvalue weighted by Gasteiger charge is -2.14. The van der Waals surface area contributed by atoms with Gasteiger partial charge in [-0.2, -0.15) is 0 Å². The monoisotopic (exact) mass is 876 g/mol. The third-order valence-electron chi connectivity index (χ3n) is 10.3. The van der Waals surface area contributed by atoms with E-state index in [4.69, 9.17) is 38.3 Å². The fourth-order valence-corrected chi connectivity index (χ4v) is 7.23. The molecule has 2 aliphatic carbocycles. The highest BCUT2D eigenvalue weighted by Crippen LogP contribution is 2.40. The number of hydrogen-bond donors (Lipinski definition) is 1. The molecule has 0 bridgehead atoms. The summed E-state index contributed by atoms with van der Waals surface area (Å²) >= 11 is 0. The highest BCUT2D eigenvalue weighted by molar-refractivity contribution is 5.88. The van der Waals surface area contributed by atoms with Gasteiger partial charge in [-0.1, -0.05) is 35.4 Å². The third kappa shape index (κ3) is 10.3. The summed E-state index contributed by atoms with van der Waals surface area (Å²) in [6.07, 6.45) is 8.96. The second kappa shape index (κ2) is 20.2. The molecule has 6 aromatic rings. The maximum Gasteiger partial charge on any atom is 0.305 e. The Kier molecular flexibility index (Phi) is 14.1. The van der Waals surface area contributed by atoms with Crippen LogP contribution in [0, 0.1) is 11.6 Å². The summed E-state index contributed by atoms with van der Waals surface area (Å²) in [7, 11) is 3.01. The predicted molar refractivity (Wildman–Crippen MR) is 234 cm³/mol. The molecule has 0 saturated carbocycles. The molecule has 2 aliphatic rings. The molecule has 0 unspecified atom stereocenters. The number of ether oxygens (including phenoxy) is 7. The molecule has 4 aromatic carbocycles. The first kappa shape index (κ1) is 44.7. The zero-order valence-electron chi connectivity index (χ0n) is 36.0. The molecule has 14 nitrogen and oxygen atoms in total. The molecule has 0 fully saturated rings. The number of carbonyl (C=O) groups excluding carboxylic acids is 1. The van der Waals surface area contributed by atoms with Crippen LogP contribution in [0.15, 0.2) is 72.3 Å². The average Bonchev–Trinajstić information content (AvgIpc) is 3.87. The molecule has 16 heteroatoms. The Labute approximate surface area is 367 Å². The summed E-state index contributed by atoms with van der Waals surface area (Å²) in [4.78, 5) is 39.0. The average molecular weight is 877 g/mol. The molecular weight excluding hydrogens is 831 g/mol. The number of carboxylic acids is 1. The number of hydrogen-bond acceptors (Lipinski definition) is 13. The van der Waals surface area contributed by atoms with E-state index in [0.29, 0.717) is 82.0 Å². The summed E-state index contributed by atoms with van der Waals surface area (Å²) in [5.74, 6) is 0.368. The molecule has 8 rings (SSSR count). The van der Waals surface area contributed by atoms with E-state index in [0.717, 1.165) is 35.1 Å². The minimum atomic E-state index is -0.881. The summed E-state index contributed by atoms with van der Waals surface area (Å²) < 4.78 is 68.9. The Balaban J connectivity index is 0.000000192. The number of benzene rings is 4. The van der Waals surface area contributed by atoms with Crippen LogP contribution in [0.2, 0.25) is 0 Å². The SMILES string of the molecule is CCOC(=O)CCCOc1cc2ncnc(Oc3ccc4c(c3F)C=C(C)C4)c2cc1OC.COc1cc2c(Oc3ccc4c(c3F)C=C(C)C4)ncnc2cc1OCCCC(=O)O. The number of fused-ring (bicyclic) bond motifs is 4. The van der Waals surface area contributed by atoms with E-state index in [9.17, 15) is 14.0 Å². The van der Waals surface area contributed by atoms with Gasteiger partial charge in [0.15, 0.2) is 46.1 Å². The van der Waals surface area contributed by atoms with E-state index >= 15 is 4.39 Å². The minimum absolute atomic E-state index is 0.0110. The number of carbonyl (C=O) groups is 2. The van der Waals surface area contributed by atoms with Crippen molar-refractivity contribution in [1.29, 1.82) is 0 Å². The second-order valence-corrected chi connectivity index (χ2v) is 14.9. The van der Waals surface area contributed by atoms with Gasteiger partial charge in [0, 0.05) is 36.1 Å². The van der Waals surface area contributed by atoms with Crippen LogP contribution in [0.5, 0.6) is 46.3 Å². The molecule has 0 spiro atoms. The van der Waals surface area contributed by atoms with Crippen LogP contribution in [0.25, 0.3) is 34.0 Å². The van der Waals surface area contributed by atoms with Gasteiger partial charge < -0.3 is 38.3 Å². The number of halogens is 2. The van der Waals surface area contributed by atoms with Gasteiger partial charge >= 0.3 is 11.9 Å². The lowest BCUT2D eigenvalue weighted by atomic mass is 10.1. The smallest absolute Gasteiger partial charge is 0.305 e. The van der Waals surface area contributed by atoms with Crippen molar-refractivity contribution in [2.45, 2.75) is 59.3 Å². The summed E-state index contributed by atoms with van der Waals surface area (Å²) in [6.45, 7) is 6.59. The largest absolute Gasteiger partial charge is 0.493 e. The Morgan fingerprint density at radius 2 is 1.11 bits per heavy atom. The number of carboxylic acid groups (broad SMARTS) is 1. The lowest BCUT2D eigenvalue weighted by Crippen LogP contribution is -2.07. The topological polar surface area (TPSA) is 171 Å². The fraction of sp³-hybridized carbons (Fsp3) is 0.292. The first-order valence-corrected chi connectivity index (χ1v) is 20.6. The van der Waals surface area contributed by atoms with Crippen molar-refractivity contribution < 1.29 is 56.6 Å². The number of esters is 1. The zero-order chi connectivity index (χ0) is 45.3. The van der Waals surface area contributed by atoms with Crippen molar-refractivity contribution in [3.63, 3.8) is 0 Å². The molecule has 2 heterocycles. The quantitative estimate of drug-likeness (QED) is 0.0678. The van der Waals surface area contributed by atoms with Gasteiger partial charge in [0.05, 0.1) is 55.8 Å². The van der Waals surface area contributed by atoms with Crippen molar-refractivity contribution in [3.05, 3.63) is 106 Å². The molecule has 0 amide bonds. The molecule has 0 aliphatic heterocycles. The van der Waals surface area contributed by atoms with Crippen molar-refractivity contribution in [3.8, 4) is 46.3 Å². The molecule has 64 heavy (non-hydrogen) atoms. The van der Waals surface area contributed by atoms with Gasteiger partial charge in [-0.05, 0) is 81.8 Å². The highest BCUT2D eigenvalue weighted by Gasteiger charge is 2.22. The van der Waals surface area contributed by atoms with E-state index in [1.807, 2.05) is 38.1 Å². The Morgan fingerprint density at radius 3 is 1.55 bits per heavy atom. The summed E-state index contributed by atoms with van der Waals surface area (Å²) in [6, 6.07) is 13.7. The van der Waals surface area contributed by atoms with E-state index in [-0.39, 0.29) is 48.7 Å². The molecule has 1 N–H and O–H groups in total. The summed E-state index contributed by atoms with van der Waals surface area (Å²) in [5.41, 5.74) is 6.25. The normalized spacial score (nSPS) is 12.4. The van der Waals surface area contributed by atoms with Crippen LogP contribution in [0.4, 0.5) is 8.78 Å². The van der Waals surface area contributed by atoms with Crippen LogP contribution in [-0.2, 0) is 27.2 Å². The number of nitrogens with zero attached hydrogens (tertiary/aromatic N) is 4. The van der Waals surface area contributed by atoms with E-state index in [1.54, 1.807) is 43.3 Å². The van der Waals surface area contributed by atoms with Gasteiger partial charge in [-0.25, -0.2) is 28.7 Å². The molecule has 0 radical (unpaired) electrons. The Morgan fingerprint density at radius 1 is 0.641 bits per heavy atom. The van der Waals surface area contributed by atoms with E-state index < -0.39 is 17.6 Å². The van der Waals surface area contributed by atoms with Crippen LogP contribution in [0.1, 0.15) is 68.7 Å². The molecule has 0 saturated heterocycles. The van der Waals surface area contributed by atoms with Gasteiger partial charge in [0.1, 0.15) is 12.7 Å². The van der Waals surface area contributed by atoms with E-state index in [2.05, 4.69) is 19.9 Å². The van der Waals surface area contributed by atoms with Gasteiger partial charge in [0.25, 0.3) is 0 Å². The predicted octanol–water partition coefficient (Wildman–Crippen LogP) is 10.0. The van der Waals surface area contributed by atoms with Crippen molar-refractivity contribution in [2.24, 2.45) is 0 Å². The van der Waals surface area contributed by atoms with Gasteiger partial charge in [0.2, 0.25) is 11.8 Å². The third-order valence-corrected chi connectivity index (χ3v) is 10.3. The van der Waals surface area contributed by atoms with Crippen LogP contribution in [-0.4, -0.2) is 71.0 Å². The number of allylic oxidation sites excluding steroid dienone is 2. The number of aromatic nitrogens is 4. The standard InChI is InChI=1S/C25H25FN2O5.C23H21FN2O5/c1-4-31-23(29)6-5-9-32-22-13-19-18(12-21(22)30-3)25(28-14-27-19)33-20-8-7-16-10-15(2)11-17(16)24(20)26;1-13-8-14-5-6-18(22(24)15(14)9-13)31-23-16-10-19(29-2)20(11-17(16)25-12-26-23)30-7-3-4-21(27)28/h7-8,11-14H,4-6,9-10H2,1-3H3;5-6,9-12H,3-4,7-8H2,1-2H3,(H,27,28). The number of rotatable bonds is 17. The van der Waals surface area contributed by atoms with Gasteiger partial charge in [-0.3, -0.25) is 9.59 Å². The molecule has 332 valence electrons. The number of aliphatic carboxylic acids is 1. The van der Waals surface area contributed by atoms with Crippen LogP contribution in [0.3, 0.4) is 0 Å². The van der Waals surface area contributed by atoms with Crippen molar-refractivity contribution in [1.82, 2.24) is 19.9 Å². The van der Waals surface area contributed by atoms with Gasteiger partial charge in [-0.15, -0.1) is 0 Å². The van der Waals surface area contributed by atoms with Crippen molar-refractivity contribution >= 4 is 45.9 Å². The Hall–Kier alpha value is -7.36. The first-order chi connectivity index (χ1) is 31.0. The van der Waals surface area contributed by atoms with Crippen molar-refractivity contribution in [2.75, 3.05) is 34.0 Å². The Bertz CT molecular complexity index is 2790. The maximum atomic E-state index is 15.0. The second-order valence-electron chi connectivity index (χ2n) is 14.9. The maximum absolute atomic E-state index is 15.0. The van der Waals surface area contributed by atoms with E-state index in [1.165, 1.54) is 26.9 Å². The van der Waals surface area contributed by atoms with Crippen LogP contribution >= 0.6 is 0 Å². The zero-order valence-corrected chi connectivity index (χ0v) is 36.0. The molecular formula is C48H46F2N4O10. The first-order valence-electron chi connectivity index (χ1n) is 20.6. The molecule has 0 atom stereocenters. The lowest BCUT2D eigenvalue weighted by molar-refractivity contribution is -0.143. The summed E-state index contributed by atoms with van der Waals surface area (Å²) in [5, 5.41) is 9.83.